The minimum atomic E-state index is 0.531. The molecule has 0 spiro atoms. The van der Waals surface area contributed by atoms with Crippen LogP contribution in [0.1, 0.15) is 25.5 Å². The van der Waals surface area contributed by atoms with E-state index in [9.17, 15) is 0 Å². The van der Waals surface area contributed by atoms with E-state index in [4.69, 9.17) is 0 Å². The SMILES string of the molecule is C[C@H](c1ccccc1)N1CCNC[C@@H]1C. The zero-order valence-corrected chi connectivity index (χ0v) is 9.61. The van der Waals surface area contributed by atoms with Crippen LogP contribution in [-0.2, 0) is 0 Å². The number of benzene rings is 1. The van der Waals surface area contributed by atoms with E-state index in [1.807, 2.05) is 0 Å². The molecule has 1 aliphatic heterocycles. The van der Waals surface area contributed by atoms with Gasteiger partial charge in [-0.15, -0.1) is 0 Å². The lowest BCUT2D eigenvalue weighted by Gasteiger charge is -2.38. The van der Waals surface area contributed by atoms with Crippen LogP contribution < -0.4 is 5.32 Å². The summed E-state index contributed by atoms with van der Waals surface area (Å²) in [7, 11) is 0. The first-order valence-electron chi connectivity index (χ1n) is 5.80. The molecule has 2 heteroatoms. The third-order valence-corrected chi connectivity index (χ3v) is 3.33. The molecule has 1 heterocycles. The molecule has 1 aliphatic rings. The highest BCUT2D eigenvalue weighted by Gasteiger charge is 2.23. The molecule has 1 N–H and O–H groups in total. The molecule has 1 fully saturated rings. The number of hydrogen-bond acceptors (Lipinski definition) is 2. The topological polar surface area (TPSA) is 15.3 Å². The van der Waals surface area contributed by atoms with E-state index in [0.717, 1.165) is 19.6 Å². The van der Waals surface area contributed by atoms with Crippen molar-refractivity contribution in [3.63, 3.8) is 0 Å². The van der Waals surface area contributed by atoms with Crippen molar-refractivity contribution in [2.75, 3.05) is 19.6 Å². The minimum absolute atomic E-state index is 0.531. The molecule has 1 saturated heterocycles. The van der Waals surface area contributed by atoms with Crippen molar-refractivity contribution in [1.82, 2.24) is 10.2 Å². The zero-order chi connectivity index (χ0) is 10.7. The van der Waals surface area contributed by atoms with E-state index < -0.39 is 0 Å². The van der Waals surface area contributed by atoms with E-state index in [1.54, 1.807) is 0 Å². The van der Waals surface area contributed by atoms with Crippen LogP contribution in [0.25, 0.3) is 0 Å². The Labute approximate surface area is 92.3 Å². The highest BCUT2D eigenvalue weighted by Crippen LogP contribution is 2.22. The average molecular weight is 204 g/mol. The molecular weight excluding hydrogens is 184 g/mol. The van der Waals surface area contributed by atoms with Gasteiger partial charge >= 0.3 is 0 Å². The van der Waals surface area contributed by atoms with Gasteiger partial charge in [0.1, 0.15) is 0 Å². The molecule has 0 amide bonds. The van der Waals surface area contributed by atoms with Gasteiger partial charge in [-0.2, -0.15) is 0 Å². The van der Waals surface area contributed by atoms with Crippen molar-refractivity contribution in [3.05, 3.63) is 35.9 Å². The smallest absolute Gasteiger partial charge is 0.0323 e. The number of nitrogens with zero attached hydrogens (tertiary/aromatic N) is 1. The third kappa shape index (κ3) is 2.39. The first-order valence-corrected chi connectivity index (χ1v) is 5.80. The summed E-state index contributed by atoms with van der Waals surface area (Å²) in [6, 6.07) is 11.9. The van der Waals surface area contributed by atoms with Crippen molar-refractivity contribution in [3.8, 4) is 0 Å². The van der Waals surface area contributed by atoms with Gasteiger partial charge in [-0.3, -0.25) is 4.90 Å². The standard InChI is InChI=1S/C13H20N2/c1-11-10-14-8-9-15(11)12(2)13-6-4-3-5-7-13/h3-7,11-12,14H,8-10H2,1-2H3/t11-,12+/m0/s1. The molecular formula is C13H20N2. The number of nitrogens with one attached hydrogen (secondary N) is 1. The highest BCUT2D eigenvalue weighted by atomic mass is 15.2. The van der Waals surface area contributed by atoms with Gasteiger partial charge in [0.2, 0.25) is 0 Å². The van der Waals surface area contributed by atoms with Crippen LogP contribution in [0.5, 0.6) is 0 Å². The molecule has 82 valence electrons. The summed E-state index contributed by atoms with van der Waals surface area (Å²) in [4.78, 5) is 2.58. The average Bonchev–Trinajstić information content (AvgIpc) is 2.30. The van der Waals surface area contributed by atoms with E-state index >= 15 is 0 Å². The summed E-state index contributed by atoms with van der Waals surface area (Å²) in [5, 5.41) is 3.43. The first kappa shape index (κ1) is 10.7. The van der Waals surface area contributed by atoms with Gasteiger partial charge in [0, 0.05) is 31.7 Å². The fourth-order valence-corrected chi connectivity index (χ4v) is 2.36. The summed E-state index contributed by atoms with van der Waals surface area (Å²) in [6.07, 6.45) is 0. The predicted octanol–water partition coefficient (Wildman–Crippen LogP) is 2.04. The maximum Gasteiger partial charge on any atom is 0.0323 e. The Kier molecular flexibility index (Phi) is 3.39. The fraction of sp³-hybridized carbons (Fsp3) is 0.538. The predicted molar refractivity (Wildman–Crippen MR) is 63.9 cm³/mol. The Morgan fingerprint density at radius 3 is 2.73 bits per heavy atom. The Balaban J connectivity index is 2.09. The highest BCUT2D eigenvalue weighted by molar-refractivity contribution is 5.18. The van der Waals surface area contributed by atoms with Crippen LogP contribution in [-0.4, -0.2) is 30.6 Å². The van der Waals surface area contributed by atoms with Crippen LogP contribution in [0.15, 0.2) is 30.3 Å². The van der Waals surface area contributed by atoms with Crippen molar-refractivity contribution < 1.29 is 0 Å². The second kappa shape index (κ2) is 4.77. The Hall–Kier alpha value is -0.860. The quantitative estimate of drug-likeness (QED) is 0.793. The lowest BCUT2D eigenvalue weighted by Crippen LogP contribution is -2.50. The van der Waals surface area contributed by atoms with E-state index in [-0.39, 0.29) is 0 Å². The van der Waals surface area contributed by atoms with E-state index in [2.05, 4.69) is 54.4 Å². The maximum absolute atomic E-state index is 3.43. The van der Waals surface area contributed by atoms with E-state index in [0.29, 0.717) is 12.1 Å². The molecule has 1 aromatic rings. The van der Waals surface area contributed by atoms with Crippen LogP contribution in [0, 0.1) is 0 Å². The third-order valence-electron chi connectivity index (χ3n) is 3.33. The molecule has 2 rings (SSSR count). The van der Waals surface area contributed by atoms with Gasteiger partial charge in [0.25, 0.3) is 0 Å². The van der Waals surface area contributed by atoms with Crippen LogP contribution in [0.2, 0.25) is 0 Å². The van der Waals surface area contributed by atoms with Crippen molar-refractivity contribution in [2.24, 2.45) is 0 Å². The van der Waals surface area contributed by atoms with Gasteiger partial charge < -0.3 is 5.32 Å². The van der Waals surface area contributed by atoms with Crippen molar-refractivity contribution >= 4 is 0 Å². The van der Waals surface area contributed by atoms with Crippen LogP contribution >= 0.6 is 0 Å². The normalized spacial score (nSPS) is 25.1. The lowest BCUT2D eigenvalue weighted by atomic mass is 10.0. The molecule has 2 nitrogen and oxygen atoms in total. The zero-order valence-electron chi connectivity index (χ0n) is 9.61. The van der Waals surface area contributed by atoms with Crippen LogP contribution in [0.3, 0.4) is 0 Å². The minimum Gasteiger partial charge on any atom is -0.314 e. The van der Waals surface area contributed by atoms with Gasteiger partial charge in [0.15, 0.2) is 0 Å². The van der Waals surface area contributed by atoms with Gasteiger partial charge in [0.05, 0.1) is 0 Å². The van der Waals surface area contributed by atoms with Gasteiger partial charge in [-0.25, -0.2) is 0 Å². The first-order chi connectivity index (χ1) is 7.29. The number of piperazine rings is 1. The molecule has 0 aliphatic carbocycles. The van der Waals surface area contributed by atoms with Crippen molar-refractivity contribution in [2.45, 2.75) is 25.9 Å². The number of hydrogen-bond donors (Lipinski definition) is 1. The summed E-state index contributed by atoms with van der Waals surface area (Å²) in [6.45, 7) is 7.97. The molecule has 1 aromatic carbocycles. The molecule has 0 unspecified atom stereocenters. The summed E-state index contributed by atoms with van der Waals surface area (Å²) < 4.78 is 0. The lowest BCUT2D eigenvalue weighted by molar-refractivity contribution is 0.126. The van der Waals surface area contributed by atoms with Gasteiger partial charge in [-0.1, -0.05) is 30.3 Å². The largest absolute Gasteiger partial charge is 0.314 e. The molecule has 0 bridgehead atoms. The Morgan fingerprint density at radius 2 is 2.07 bits per heavy atom. The van der Waals surface area contributed by atoms with Gasteiger partial charge in [-0.05, 0) is 19.4 Å². The molecule has 0 radical (unpaired) electrons. The molecule has 15 heavy (non-hydrogen) atoms. The summed E-state index contributed by atoms with van der Waals surface area (Å²) in [5.41, 5.74) is 1.42. The van der Waals surface area contributed by atoms with E-state index in [1.165, 1.54) is 5.56 Å². The Morgan fingerprint density at radius 1 is 1.33 bits per heavy atom. The second-order valence-electron chi connectivity index (χ2n) is 4.38. The fourth-order valence-electron chi connectivity index (χ4n) is 2.36. The summed E-state index contributed by atoms with van der Waals surface area (Å²) >= 11 is 0. The molecule has 2 atom stereocenters. The summed E-state index contributed by atoms with van der Waals surface area (Å²) in [5.74, 6) is 0. The second-order valence-corrected chi connectivity index (χ2v) is 4.38. The maximum atomic E-state index is 3.43. The monoisotopic (exact) mass is 204 g/mol. The molecule has 0 aromatic heterocycles. The van der Waals surface area contributed by atoms with Crippen molar-refractivity contribution in [1.29, 1.82) is 0 Å². The van der Waals surface area contributed by atoms with Crippen LogP contribution in [0.4, 0.5) is 0 Å². The Bertz CT molecular complexity index is 297. The molecule has 0 saturated carbocycles. The number of rotatable bonds is 2.